The first-order chi connectivity index (χ1) is 13.4. The third-order valence-corrected chi connectivity index (χ3v) is 5.93. The van der Waals surface area contributed by atoms with Gasteiger partial charge in [-0.3, -0.25) is 10.1 Å². The quantitative estimate of drug-likeness (QED) is 0.731. The maximum atomic E-state index is 5.64. The Morgan fingerprint density at radius 1 is 1.25 bits per heavy atom. The number of rotatable bonds is 3. The summed E-state index contributed by atoms with van der Waals surface area (Å²) in [6.45, 7) is 13.7. The number of morpholine rings is 1. The van der Waals surface area contributed by atoms with E-state index in [-0.39, 0.29) is 5.41 Å². The summed E-state index contributed by atoms with van der Waals surface area (Å²) in [5.41, 5.74) is 4.11. The van der Waals surface area contributed by atoms with Crippen LogP contribution in [0.4, 0.5) is 5.82 Å². The average Bonchev–Trinajstić information content (AvgIpc) is 3.20. The maximum absolute atomic E-state index is 5.64. The molecule has 1 unspecified atom stereocenters. The van der Waals surface area contributed by atoms with Crippen molar-refractivity contribution in [2.45, 2.75) is 46.6 Å². The van der Waals surface area contributed by atoms with E-state index in [1.807, 2.05) is 12.3 Å². The minimum absolute atomic E-state index is 0.138. The van der Waals surface area contributed by atoms with Crippen LogP contribution in [0.3, 0.4) is 0 Å². The van der Waals surface area contributed by atoms with Gasteiger partial charge in [0.2, 0.25) is 0 Å². The summed E-state index contributed by atoms with van der Waals surface area (Å²) in [6, 6.07) is 6.60. The number of hydrogen-bond acceptors (Lipinski definition) is 5. The van der Waals surface area contributed by atoms with Crippen molar-refractivity contribution < 1.29 is 4.74 Å². The standard InChI is InChI=1S/C22H29N5O/c1-14-13-28-11-10-27(14)19-12-17(15(2)22(3,4)5)16-6-8-23-21(20(16)25-19)18-7-9-24-26-18/h6-9,12,14-15H,10-11,13H2,1-5H3,(H,24,26)/t14-,15?/m1/s1. The minimum atomic E-state index is 0.138. The molecule has 3 aromatic heterocycles. The molecule has 3 aromatic rings. The number of nitrogens with zero attached hydrogens (tertiary/aromatic N) is 4. The van der Waals surface area contributed by atoms with Gasteiger partial charge in [0, 0.05) is 24.3 Å². The Hall–Kier alpha value is -2.47. The highest BCUT2D eigenvalue weighted by Gasteiger charge is 2.28. The second-order valence-corrected chi connectivity index (χ2v) is 8.80. The lowest BCUT2D eigenvalue weighted by molar-refractivity contribution is 0.0985. The monoisotopic (exact) mass is 379 g/mol. The van der Waals surface area contributed by atoms with Crippen molar-refractivity contribution in [1.82, 2.24) is 20.2 Å². The lowest BCUT2D eigenvalue weighted by Gasteiger charge is -2.36. The SMILES string of the molecule is CC(c1cc(N2CCOC[C@H]2C)nc2c(-c3ccn[nH]3)nccc12)C(C)(C)C. The molecule has 1 aliphatic heterocycles. The molecule has 0 aromatic carbocycles. The molecule has 4 rings (SSSR count). The molecule has 2 atom stereocenters. The summed E-state index contributed by atoms with van der Waals surface area (Å²) in [5, 5.41) is 8.31. The van der Waals surface area contributed by atoms with Gasteiger partial charge in [0.15, 0.2) is 0 Å². The predicted molar refractivity (Wildman–Crippen MR) is 113 cm³/mol. The number of hydrogen-bond donors (Lipinski definition) is 1. The minimum Gasteiger partial charge on any atom is -0.377 e. The second kappa shape index (κ2) is 7.17. The number of aromatic nitrogens is 4. The van der Waals surface area contributed by atoms with Crippen LogP contribution in [0.25, 0.3) is 22.3 Å². The van der Waals surface area contributed by atoms with Gasteiger partial charge in [-0.15, -0.1) is 0 Å². The van der Waals surface area contributed by atoms with Gasteiger partial charge in [0.05, 0.1) is 24.9 Å². The highest BCUT2D eigenvalue weighted by molar-refractivity contribution is 5.94. The molecule has 0 amide bonds. The van der Waals surface area contributed by atoms with Crippen molar-refractivity contribution in [3.05, 3.63) is 36.2 Å². The van der Waals surface area contributed by atoms with Crippen LogP contribution < -0.4 is 4.90 Å². The topological polar surface area (TPSA) is 66.9 Å². The fourth-order valence-corrected chi connectivity index (χ4v) is 3.79. The largest absolute Gasteiger partial charge is 0.377 e. The first-order valence-electron chi connectivity index (χ1n) is 10.00. The van der Waals surface area contributed by atoms with Gasteiger partial charge in [0.1, 0.15) is 17.0 Å². The van der Waals surface area contributed by atoms with Gasteiger partial charge in [-0.2, -0.15) is 5.10 Å². The third-order valence-electron chi connectivity index (χ3n) is 5.93. The average molecular weight is 380 g/mol. The first kappa shape index (κ1) is 18.9. The molecule has 0 spiro atoms. The van der Waals surface area contributed by atoms with Gasteiger partial charge in [-0.1, -0.05) is 27.7 Å². The van der Waals surface area contributed by atoms with E-state index in [1.165, 1.54) is 5.56 Å². The van der Waals surface area contributed by atoms with Gasteiger partial charge < -0.3 is 9.64 Å². The fraction of sp³-hybridized carbons (Fsp3) is 0.500. The molecule has 1 fully saturated rings. The Labute approximate surface area is 166 Å². The van der Waals surface area contributed by atoms with Crippen molar-refractivity contribution in [3.8, 4) is 11.4 Å². The lowest BCUT2D eigenvalue weighted by Crippen LogP contribution is -2.44. The Morgan fingerprint density at radius 2 is 2.07 bits per heavy atom. The van der Waals surface area contributed by atoms with E-state index in [1.54, 1.807) is 6.20 Å². The van der Waals surface area contributed by atoms with Crippen molar-refractivity contribution in [3.63, 3.8) is 0 Å². The van der Waals surface area contributed by atoms with Crippen LogP contribution in [0, 0.1) is 5.41 Å². The summed E-state index contributed by atoms with van der Waals surface area (Å²) in [6.07, 6.45) is 3.62. The van der Waals surface area contributed by atoms with E-state index in [2.05, 4.69) is 66.8 Å². The number of anilines is 1. The van der Waals surface area contributed by atoms with E-state index < -0.39 is 0 Å². The molecule has 6 nitrogen and oxygen atoms in total. The zero-order chi connectivity index (χ0) is 19.9. The maximum Gasteiger partial charge on any atom is 0.130 e. The number of fused-ring (bicyclic) bond motifs is 1. The van der Waals surface area contributed by atoms with Crippen LogP contribution in [0.15, 0.2) is 30.6 Å². The van der Waals surface area contributed by atoms with Crippen molar-refractivity contribution in [1.29, 1.82) is 0 Å². The first-order valence-corrected chi connectivity index (χ1v) is 10.00. The number of pyridine rings is 2. The van der Waals surface area contributed by atoms with Crippen molar-refractivity contribution >= 4 is 16.7 Å². The van der Waals surface area contributed by atoms with Crippen LogP contribution in [0.1, 0.15) is 46.1 Å². The Morgan fingerprint density at radius 3 is 2.75 bits per heavy atom. The smallest absolute Gasteiger partial charge is 0.130 e. The molecule has 4 heterocycles. The van der Waals surface area contributed by atoms with Crippen molar-refractivity contribution in [2.24, 2.45) is 5.41 Å². The number of ether oxygens (including phenoxy) is 1. The number of aromatic amines is 1. The van der Waals surface area contributed by atoms with Crippen LogP contribution in [-0.4, -0.2) is 46.0 Å². The molecule has 148 valence electrons. The Balaban J connectivity index is 1.97. The molecule has 0 bridgehead atoms. The number of nitrogens with one attached hydrogen (secondary N) is 1. The molecule has 28 heavy (non-hydrogen) atoms. The Kier molecular flexibility index (Phi) is 4.83. The highest BCUT2D eigenvalue weighted by atomic mass is 16.5. The predicted octanol–water partition coefficient (Wildman–Crippen LogP) is 4.39. The molecule has 1 aliphatic rings. The molecule has 0 radical (unpaired) electrons. The van der Waals surface area contributed by atoms with Gasteiger partial charge >= 0.3 is 0 Å². The molecule has 0 aliphatic carbocycles. The van der Waals surface area contributed by atoms with E-state index in [0.29, 0.717) is 12.0 Å². The van der Waals surface area contributed by atoms with Gasteiger partial charge in [-0.25, -0.2) is 4.98 Å². The molecular weight excluding hydrogens is 350 g/mol. The lowest BCUT2D eigenvalue weighted by atomic mass is 9.77. The molecule has 1 N–H and O–H groups in total. The van der Waals surface area contributed by atoms with E-state index in [4.69, 9.17) is 9.72 Å². The second-order valence-electron chi connectivity index (χ2n) is 8.80. The van der Waals surface area contributed by atoms with E-state index in [9.17, 15) is 0 Å². The fourth-order valence-electron chi connectivity index (χ4n) is 3.79. The summed E-state index contributed by atoms with van der Waals surface area (Å²) in [7, 11) is 0. The summed E-state index contributed by atoms with van der Waals surface area (Å²) >= 11 is 0. The number of H-pyrrole nitrogens is 1. The summed E-state index contributed by atoms with van der Waals surface area (Å²) in [4.78, 5) is 12.1. The normalized spacial score (nSPS) is 19.2. The van der Waals surface area contributed by atoms with E-state index >= 15 is 0 Å². The molecule has 0 saturated carbocycles. The van der Waals surface area contributed by atoms with Crippen LogP contribution in [0.5, 0.6) is 0 Å². The highest BCUT2D eigenvalue weighted by Crippen LogP contribution is 2.40. The van der Waals surface area contributed by atoms with Crippen LogP contribution in [-0.2, 0) is 4.74 Å². The third kappa shape index (κ3) is 3.37. The Bertz CT molecular complexity index is 961. The molecular formula is C22H29N5O. The summed E-state index contributed by atoms with van der Waals surface area (Å²) in [5.74, 6) is 1.37. The van der Waals surface area contributed by atoms with Gasteiger partial charge in [-0.05, 0) is 42.0 Å². The molecule has 6 heteroatoms. The summed E-state index contributed by atoms with van der Waals surface area (Å²) < 4.78 is 5.64. The zero-order valence-electron chi connectivity index (χ0n) is 17.4. The van der Waals surface area contributed by atoms with Crippen LogP contribution >= 0.6 is 0 Å². The van der Waals surface area contributed by atoms with Crippen molar-refractivity contribution in [2.75, 3.05) is 24.7 Å². The zero-order valence-corrected chi connectivity index (χ0v) is 17.4. The van der Waals surface area contributed by atoms with Crippen LogP contribution in [0.2, 0.25) is 0 Å². The van der Waals surface area contributed by atoms with E-state index in [0.717, 1.165) is 47.9 Å². The molecule has 1 saturated heterocycles. The van der Waals surface area contributed by atoms with Gasteiger partial charge in [0.25, 0.3) is 0 Å².